The van der Waals surface area contributed by atoms with Gasteiger partial charge in [-0.25, -0.2) is 0 Å². The van der Waals surface area contributed by atoms with Gasteiger partial charge in [0.15, 0.2) is 0 Å². The van der Waals surface area contributed by atoms with Crippen LogP contribution >= 0.6 is 0 Å². The lowest BCUT2D eigenvalue weighted by molar-refractivity contribution is 0.287. The molecule has 0 amide bonds. The Morgan fingerprint density at radius 1 is 0.808 bits per heavy atom. The topological polar surface area (TPSA) is 68.3 Å². The Morgan fingerprint density at radius 2 is 1.23 bits per heavy atom. The zero-order valence-electron chi connectivity index (χ0n) is 15.5. The molecule has 4 heteroatoms. The van der Waals surface area contributed by atoms with Gasteiger partial charge in [0.25, 0.3) is 0 Å². The van der Waals surface area contributed by atoms with E-state index in [-0.39, 0.29) is 5.84 Å². The quantitative estimate of drug-likeness (QED) is 0.339. The molecule has 0 saturated heterocycles. The third-order valence-electron chi connectivity index (χ3n) is 4.09. The fraction of sp³-hybridized carbons (Fsp3) is 0.318. The molecule has 0 fully saturated rings. The van der Waals surface area contributed by atoms with Gasteiger partial charge in [0.1, 0.15) is 17.3 Å². The first-order valence-electron chi connectivity index (χ1n) is 9.02. The van der Waals surface area contributed by atoms with Crippen molar-refractivity contribution >= 4 is 11.4 Å². The Hall–Kier alpha value is -2.75. The molecule has 0 saturated carbocycles. The van der Waals surface area contributed by atoms with Crippen molar-refractivity contribution in [2.75, 3.05) is 13.2 Å². The van der Waals surface area contributed by atoms with E-state index < -0.39 is 0 Å². The number of amidine groups is 1. The van der Waals surface area contributed by atoms with Crippen LogP contribution in [-0.2, 0) is 0 Å². The van der Waals surface area contributed by atoms with Crippen molar-refractivity contribution in [1.29, 1.82) is 5.41 Å². The lowest BCUT2D eigenvalue weighted by atomic mass is 10.1. The number of hydrogen-bond acceptors (Lipinski definition) is 3. The number of allylic oxidation sites excluding steroid dienone is 1. The standard InChI is InChI=1S/C22H28N2O2/c1-17(2)18-7-11-20(12-8-18)25-15-5-3-4-6-16-26-21-13-9-19(10-14-21)22(23)24/h7-14H,1,3-6,15-16H2,2H3,(H3,23,24). The smallest absolute Gasteiger partial charge is 0.122 e. The van der Waals surface area contributed by atoms with E-state index >= 15 is 0 Å². The summed E-state index contributed by atoms with van der Waals surface area (Å²) in [5.74, 6) is 1.80. The van der Waals surface area contributed by atoms with Gasteiger partial charge in [-0.15, -0.1) is 0 Å². The fourth-order valence-electron chi connectivity index (χ4n) is 2.50. The van der Waals surface area contributed by atoms with Crippen molar-refractivity contribution in [1.82, 2.24) is 0 Å². The van der Waals surface area contributed by atoms with Crippen molar-refractivity contribution in [3.05, 3.63) is 66.2 Å². The molecule has 0 aliphatic heterocycles. The molecule has 0 aliphatic rings. The van der Waals surface area contributed by atoms with Crippen LogP contribution < -0.4 is 15.2 Å². The Labute approximate surface area is 156 Å². The molecule has 2 aromatic rings. The van der Waals surface area contributed by atoms with Crippen LogP contribution in [0.4, 0.5) is 0 Å². The molecule has 0 radical (unpaired) electrons. The normalized spacial score (nSPS) is 10.3. The van der Waals surface area contributed by atoms with E-state index in [4.69, 9.17) is 20.6 Å². The van der Waals surface area contributed by atoms with Gasteiger partial charge >= 0.3 is 0 Å². The number of benzene rings is 2. The number of nitrogens with two attached hydrogens (primary N) is 1. The molecule has 0 aliphatic carbocycles. The van der Waals surface area contributed by atoms with Crippen molar-refractivity contribution in [2.24, 2.45) is 5.73 Å². The largest absolute Gasteiger partial charge is 0.494 e. The van der Waals surface area contributed by atoms with E-state index in [0.29, 0.717) is 12.2 Å². The van der Waals surface area contributed by atoms with Crippen LogP contribution in [0.3, 0.4) is 0 Å². The van der Waals surface area contributed by atoms with E-state index in [1.165, 1.54) is 0 Å². The third kappa shape index (κ3) is 6.63. The average molecular weight is 352 g/mol. The molecule has 0 atom stereocenters. The Balaban J connectivity index is 1.52. The maximum absolute atomic E-state index is 7.36. The van der Waals surface area contributed by atoms with Crippen LogP contribution in [0.1, 0.15) is 43.7 Å². The lowest BCUT2D eigenvalue weighted by Crippen LogP contribution is -2.10. The minimum absolute atomic E-state index is 0.0746. The van der Waals surface area contributed by atoms with E-state index in [9.17, 15) is 0 Å². The fourth-order valence-corrected chi connectivity index (χ4v) is 2.50. The molecule has 2 aromatic carbocycles. The highest BCUT2D eigenvalue weighted by Crippen LogP contribution is 2.17. The number of hydrogen-bond donors (Lipinski definition) is 2. The second kappa shape index (κ2) is 10.3. The average Bonchev–Trinajstić information content (AvgIpc) is 2.64. The van der Waals surface area contributed by atoms with Gasteiger partial charge in [-0.1, -0.05) is 24.3 Å². The van der Waals surface area contributed by atoms with Crippen LogP contribution in [0.5, 0.6) is 11.5 Å². The van der Waals surface area contributed by atoms with E-state index in [1.807, 2.05) is 43.3 Å². The Morgan fingerprint density at radius 3 is 1.62 bits per heavy atom. The molecular formula is C22H28N2O2. The number of nitrogens with one attached hydrogen (secondary N) is 1. The highest BCUT2D eigenvalue weighted by molar-refractivity contribution is 5.94. The molecule has 0 spiro atoms. The Kier molecular flexibility index (Phi) is 7.75. The first-order chi connectivity index (χ1) is 12.6. The summed E-state index contributed by atoms with van der Waals surface area (Å²) in [6.07, 6.45) is 4.29. The zero-order chi connectivity index (χ0) is 18.8. The van der Waals surface area contributed by atoms with Gasteiger partial charge in [-0.05, 0) is 74.6 Å². The van der Waals surface area contributed by atoms with Gasteiger partial charge in [-0.3, -0.25) is 5.41 Å². The molecule has 4 nitrogen and oxygen atoms in total. The van der Waals surface area contributed by atoms with Gasteiger partial charge in [-0.2, -0.15) is 0 Å². The summed E-state index contributed by atoms with van der Waals surface area (Å²) < 4.78 is 11.5. The molecule has 2 rings (SSSR count). The van der Waals surface area contributed by atoms with Crippen molar-refractivity contribution < 1.29 is 9.47 Å². The van der Waals surface area contributed by atoms with E-state index in [2.05, 4.69) is 6.58 Å². The third-order valence-corrected chi connectivity index (χ3v) is 4.09. The predicted octanol–water partition coefficient (Wildman–Crippen LogP) is 5.02. The minimum atomic E-state index is 0.0746. The van der Waals surface area contributed by atoms with Crippen LogP contribution in [-0.4, -0.2) is 19.0 Å². The summed E-state index contributed by atoms with van der Waals surface area (Å²) in [7, 11) is 0. The van der Waals surface area contributed by atoms with Gasteiger partial charge in [0, 0.05) is 5.56 Å². The second-order valence-electron chi connectivity index (χ2n) is 6.35. The number of rotatable bonds is 11. The number of ether oxygens (including phenoxy) is 2. The zero-order valence-corrected chi connectivity index (χ0v) is 15.5. The highest BCUT2D eigenvalue weighted by atomic mass is 16.5. The van der Waals surface area contributed by atoms with Crippen LogP contribution in [0.2, 0.25) is 0 Å². The molecule has 3 N–H and O–H groups in total. The maximum atomic E-state index is 7.36. The number of unbranched alkanes of at least 4 members (excludes halogenated alkanes) is 3. The van der Waals surface area contributed by atoms with Crippen molar-refractivity contribution in [3.8, 4) is 11.5 Å². The Bertz CT molecular complexity index is 642. The number of nitrogen functional groups attached to an aromatic ring is 1. The summed E-state index contributed by atoms with van der Waals surface area (Å²) in [6, 6.07) is 15.4. The van der Waals surface area contributed by atoms with E-state index in [0.717, 1.165) is 54.9 Å². The van der Waals surface area contributed by atoms with Crippen molar-refractivity contribution in [2.45, 2.75) is 32.6 Å². The minimum Gasteiger partial charge on any atom is -0.494 e. The highest BCUT2D eigenvalue weighted by Gasteiger charge is 1.99. The SMILES string of the molecule is C=C(C)c1ccc(OCCCCCCOc2ccc(C(=N)N)cc2)cc1. The maximum Gasteiger partial charge on any atom is 0.122 e. The molecule has 0 aromatic heterocycles. The summed E-state index contributed by atoms with van der Waals surface area (Å²) in [6.45, 7) is 7.37. The van der Waals surface area contributed by atoms with Crippen LogP contribution in [0, 0.1) is 5.41 Å². The molecule has 138 valence electrons. The monoisotopic (exact) mass is 352 g/mol. The van der Waals surface area contributed by atoms with Crippen LogP contribution in [0.15, 0.2) is 55.1 Å². The summed E-state index contributed by atoms with van der Waals surface area (Å²) >= 11 is 0. The summed E-state index contributed by atoms with van der Waals surface area (Å²) in [5, 5.41) is 7.36. The summed E-state index contributed by atoms with van der Waals surface area (Å²) in [5.41, 5.74) is 8.35. The molecule has 0 unspecified atom stereocenters. The van der Waals surface area contributed by atoms with Gasteiger partial charge < -0.3 is 15.2 Å². The second-order valence-corrected chi connectivity index (χ2v) is 6.35. The van der Waals surface area contributed by atoms with Gasteiger partial charge in [0.2, 0.25) is 0 Å². The molecule has 26 heavy (non-hydrogen) atoms. The molecular weight excluding hydrogens is 324 g/mol. The van der Waals surface area contributed by atoms with E-state index in [1.54, 1.807) is 12.1 Å². The first-order valence-corrected chi connectivity index (χ1v) is 9.02. The lowest BCUT2D eigenvalue weighted by Gasteiger charge is -2.08. The first kappa shape index (κ1) is 19.6. The summed E-state index contributed by atoms with van der Waals surface area (Å²) in [4.78, 5) is 0. The van der Waals surface area contributed by atoms with Crippen molar-refractivity contribution in [3.63, 3.8) is 0 Å². The predicted molar refractivity (Wildman–Crippen MR) is 108 cm³/mol. The van der Waals surface area contributed by atoms with Gasteiger partial charge in [0.05, 0.1) is 13.2 Å². The molecule has 0 heterocycles. The van der Waals surface area contributed by atoms with Crippen LogP contribution in [0.25, 0.3) is 5.57 Å². The molecule has 0 bridgehead atoms.